The van der Waals surface area contributed by atoms with Gasteiger partial charge in [-0.05, 0) is 56.0 Å². The standard InChI is InChI=1S/C22H26F3N3O/c1-21(2)8-7-17-13-16(3-5-19(17)29-21)15-27-9-11-28(12-10-27)20-6-4-18(14-26-20)22(23,24)25/h3-6,13-14H,7-12,15H2,1-2H3. The summed E-state index contributed by atoms with van der Waals surface area (Å²) >= 11 is 0. The van der Waals surface area contributed by atoms with Gasteiger partial charge in [0.25, 0.3) is 0 Å². The highest BCUT2D eigenvalue weighted by atomic mass is 19.4. The monoisotopic (exact) mass is 405 g/mol. The van der Waals surface area contributed by atoms with Crippen molar-refractivity contribution in [3.63, 3.8) is 0 Å². The molecule has 0 amide bonds. The summed E-state index contributed by atoms with van der Waals surface area (Å²) in [6.45, 7) is 8.31. The van der Waals surface area contributed by atoms with Crippen molar-refractivity contribution in [2.75, 3.05) is 31.1 Å². The molecule has 4 nitrogen and oxygen atoms in total. The number of hydrogen-bond acceptors (Lipinski definition) is 4. The number of fused-ring (bicyclic) bond motifs is 1. The number of halogens is 3. The average Bonchev–Trinajstić information content (AvgIpc) is 2.68. The second-order valence-electron chi connectivity index (χ2n) is 8.47. The lowest BCUT2D eigenvalue weighted by Crippen LogP contribution is -2.46. The minimum Gasteiger partial charge on any atom is -0.488 e. The third-order valence-corrected chi connectivity index (χ3v) is 5.69. The predicted molar refractivity (Wildman–Crippen MR) is 106 cm³/mol. The van der Waals surface area contributed by atoms with Gasteiger partial charge in [-0.2, -0.15) is 13.2 Å². The zero-order chi connectivity index (χ0) is 20.6. The van der Waals surface area contributed by atoms with E-state index in [0.717, 1.165) is 63.6 Å². The molecule has 1 fully saturated rings. The summed E-state index contributed by atoms with van der Waals surface area (Å²) in [7, 11) is 0. The van der Waals surface area contributed by atoms with E-state index in [1.807, 2.05) is 4.90 Å². The average molecular weight is 405 g/mol. The van der Waals surface area contributed by atoms with Crippen LogP contribution in [0.15, 0.2) is 36.5 Å². The second-order valence-corrected chi connectivity index (χ2v) is 8.47. The maximum absolute atomic E-state index is 12.7. The van der Waals surface area contributed by atoms with Crippen LogP contribution in [0.25, 0.3) is 0 Å². The first-order valence-electron chi connectivity index (χ1n) is 10.0. The molecule has 3 heterocycles. The lowest BCUT2D eigenvalue weighted by atomic mass is 9.93. The first kappa shape index (κ1) is 20.0. The number of ether oxygens (including phenoxy) is 1. The minimum atomic E-state index is -4.35. The molecule has 1 aromatic carbocycles. The van der Waals surface area contributed by atoms with E-state index < -0.39 is 11.7 Å². The number of rotatable bonds is 3. The van der Waals surface area contributed by atoms with Crippen molar-refractivity contribution in [1.82, 2.24) is 9.88 Å². The van der Waals surface area contributed by atoms with Crippen molar-refractivity contribution in [2.24, 2.45) is 0 Å². The number of piperazine rings is 1. The molecule has 0 N–H and O–H groups in total. The van der Waals surface area contributed by atoms with Gasteiger partial charge in [-0.3, -0.25) is 4.90 Å². The normalized spacial score (nSPS) is 19.6. The molecule has 0 radical (unpaired) electrons. The molecule has 4 rings (SSSR count). The third kappa shape index (κ3) is 4.66. The molecule has 0 aliphatic carbocycles. The summed E-state index contributed by atoms with van der Waals surface area (Å²) in [5.41, 5.74) is 1.74. The summed E-state index contributed by atoms with van der Waals surface area (Å²) in [6, 6.07) is 9.01. The molecule has 7 heteroatoms. The van der Waals surface area contributed by atoms with E-state index in [1.54, 1.807) is 0 Å². The predicted octanol–water partition coefficient (Wildman–Crippen LogP) is 4.53. The Morgan fingerprint density at radius 1 is 1.07 bits per heavy atom. The highest BCUT2D eigenvalue weighted by Gasteiger charge is 2.31. The van der Waals surface area contributed by atoms with Crippen LogP contribution in [0.4, 0.5) is 19.0 Å². The molecule has 2 aromatic rings. The first-order chi connectivity index (χ1) is 13.7. The Bertz CT molecular complexity index is 857. The first-order valence-corrected chi connectivity index (χ1v) is 10.0. The fourth-order valence-corrected chi connectivity index (χ4v) is 3.94. The Labute approximate surface area is 169 Å². The maximum atomic E-state index is 12.7. The molecule has 2 aliphatic rings. The van der Waals surface area contributed by atoms with Gasteiger partial charge in [0.1, 0.15) is 17.2 Å². The Morgan fingerprint density at radius 2 is 1.83 bits per heavy atom. The van der Waals surface area contributed by atoms with Crippen molar-refractivity contribution in [3.8, 4) is 5.75 Å². The van der Waals surface area contributed by atoms with Gasteiger partial charge in [0, 0.05) is 38.9 Å². The molecule has 2 aliphatic heterocycles. The molecular weight excluding hydrogens is 379 g/mol. The number of alkyl halides is 3. The van der Waals surface area contributed by atoms with Gasteiger partial charge in [0.2, 0.25) is 0 Å². The molecule has 0 atom stereocenters. The van der Waals surface area contributed by atoms with Gasteiger partial charge in [-0.15, -0.1) is 0 Å². The van der Waals surface area contributed by atoms with Crippen LogP contribution in [0.5, 0.6) is 5.75 Å². The summed E-state index contributed by atoms with van der Waals surface area (Å²) in [5.74, 6) is 1.59. The van der Waals surface area contributed by atoms with Crippen LogP contribution in [-0.4, -0.2) is 41.7 Å². The van der Waals surface area contributed by atoms with Gasteiger partial charge >= 0.3 is 6.18 Å². The van der Waals surface area contributed by atoms with Crippen molar-refractivity contribution in [3.05, 3.63) is 53.2 Å². The van der Waals surface area contributed by atoms with E-state index in [4.69, 9.17) is 4.74 Å². The fraction of sp³-hybridized carbons (Fsp3) is 0.500. The molecular formula is C22H26F3N3O. The van der Waals surface area contributed by atoms with E-state index in [0.29, 0.717) is 5.82 Å². The number of benzene rings is 1. The van der Waals surface area contributed by atoms with Crippen LogP contribution >= 0.6 is 0 Å². The Kier molecular flexibility index (Phi) is 5.19. The lowest BCUT2D eigenvalue weighted by molar-refractivity contribution is -0.137. The molecule has 156 valence electrons. The van der Waals surface area contributed by atoms with Crippen LogP contribution in [0.3, 0.4) is 0 Å². The molecule has 0 spiro atoms. The third-order valence-electron chi connectivity index (χ3n) is 5.69. The smallest absolute Gasteiger partial charge is 0.417 e. The Hall–Kier alpha value is -2.28. The summed E-state index contributed by atoms with van der Waals surface area (Å²) in [5, 5.41) is 0. The van der Waals surface area contributed by atoms with Crippen LogP contribution < -0.4 is 9.64 Å². The van der Waals surface area contributed by atoms with Gasteiger partial charge in [0.05, 0.1) is 5.56 Å². The molecule has 0 bridgehead atoms. The summed E-state index contributed by atoms with van der Waals surface area (Å²) in [4.78, 5) is 8.42. The highest BCUT2D eigenvalue weighted by molar-refractivity contribution is 5.41. The molecule has 0 saturated carbocycles. The SMILES string of the molecule is CC1(C)CCc2cc(CN3CCN(c4ccc(C(F)(F)F)cn4)CC3)ccc2O1. The highest BCUT2D eigenvalue weighted by Crippen LogP contribution is 2.34. The molecule has 0 unspecified atom stereocenters. The van der Waals surface area contributed by atoms with Gasteiger partial charge in [-0.25, -0.2) is 4.98 Å². The zero-order valence-corrected chi connectivity index (χ0v) is 16.8. The molecule has 1 aromatic heterocycles. The molecule has 29 heavy (non-hydrogen) atoms. The van der Waals surface area contributed by atoms with Crippen molar-refractivity contribution >= 4 is 5.82 Å². The number of pyridine rings is 1. The summed E-state index contributed by atoms with van der Waals surface area (Å²) < 4.78 is 44.1. The largest absolute Gasteiger partial charge is 0.488 e. The van der Waals surface area contributed by atoms with E-state index >= 15 is 0 Å². The van der Waals surface area contributed by atoms with Crippen LogP contribution in [0.2, 0.25) is 0 Å². The number of aromatic nitrogens is 1. The van der Waals surface area contributed by atoms with Gasteiger partial charge in [0.15, 0.2) is 0 Å². The zero-order valence-electron chi connectivity index (χ0n) is 16.8. The second kappa shape index (κ2) is 7.52. The molecule has 1 saturated heterocycles. The van der Waals surface area contributed by atoms with Crippen molar-refractivity contribution < 1.29 is 17.9 Å². The van der Waals surface area contributed by atoms with E-state index in [-0.39, 0.29) is 5.60 Å². The van der Waals surface area contributed by atoms with Crippen LogP contribution in [-0.2, 0) is 19.1 Å². The topological polar surface area (TPSA) is 28.6 Å². The quantitative estimate of drug-likeness (QED) is 0.750. The lowest BCUT2D eigenvalue weighted by Gasteiger charge is -2.36. The van der Waals surface area contributed by atoms with E-state index in [1.165, 1.54) is 17.2 Å². The number of anilines is 1. The minimum absolute atomic E-state index is 0.100. The van der Waals surface area contributed by atoms with Gasteiger partial charge in [-0.1, -0.05) is 12.1 Å². The number of nitrogens with zero attached hydrogens (tertiary/aromatic N) is 3. The Morgan fingerprint density at radius 3 is 2.48 bits per heavy atom. The van der Waals surface area contributed by atoms with Crippen LogP contribution in [0, 0.1) is 0 Å². The van der Waals surface area contributed by atoms with Crippen LogP contribution in [0.1, 0.15) is 37.0 Å². The maximum Gasteiger partial charge on any atom is 0.417 e. The Balaban J connectivity index is 1.33. The van der Waals surface area contributed by atoms with E-state index in [9.17, 15) is 13.2 Å². The fourth-order valence-electron chi connectivity index (χ4n) is 3.94. The number of hydrogen-bond donors (Lipinski definition) is 0. The van der Waals surface area contributed by atoms with Crippen molar-refractivity contribution in [1.29, 1.82) is 0 Å². The summed E-state index contributed by atoms with van der Waals surface area (Å²) in [6.07, 6.45) is -1.39. The van der Waals surface area contributed by atoms with Gasteiger partial charge < -0.3 is 9.64 Å². The van der Waals surface area contributed by atoms with E-state index in [2.05, 4.69) is 41.9 Å². The van der Waals surface area contributed by atoms with Crippen molar-refractivity contribution in [2.45, 2.75) is 45.0 Å². The number of aryl methyl sites for hydroxylation is 1.